The number of fused-ring (bicyclic) bond motifs is 1. The van der Waals surface area contributed by atoms with Gasteiger partial charge in [-0.25, -0.2) is 18.3 Å². The van der Waals surface area contributed by atoms with Crippen molar-refractivity contribution < 1.29 is 26.7 Å². The summed E-state index contributed by atoms with van der Waals surface area (Å²) in [6.07, 6.45) is -0.545. The number of halogens is 5. The second-order valence-corrected chi connectivity index (χ2v) is 6.24. The van der Waals surface area contributed by atoms with E-state index >= 15 is 0 Å². The number of ether oxygens (including phenoxy) is 1. The number of hydrogen-bond acceptors (Lipinski definition) is 4. The maximum atomic E-state index is 13.8. The van der Waals surface area contributed by atoms with Crippen molar-refractivity contribution in [1.82, 2.24) is 19.7 Å². The fourth-order valence-electron chi connectivity index (χ4n) is 2.41. The normalized spacial score (nSPS) is 13.1. The van der Waals surface area contributed by atoms with E-state index in [4.69, 9.17) is 0 Å². The minimum atomic E-state index is -5.04. The SMILES string of the molecule is C1CC1.O=c1[nH]c(=O)c2c(CF)nn(Cc3ccc(OC(F)(F)F)c(F)c3)c2[nH]1. The van der Waals surface area contributed by atoms with Crippen molar-refractivity contribution in [1.29, 1.82) is 0 Å². The predicted molar refractivity (Wildman–Crippen MR) is 91.8 cm³/mol. The summed E-state index contributed by atoms with van der Waals surface area (Å²) in [6, 6.07) is 2.68. The molecule has 29 heavy (non-hydrogen) atoms. The average molecular weight is 418 g/mol. The van der Waals surface area contributed by atoms with Crippen molar-refractivity contribution in [2.75, 3.05) is 0 Å². The lowest BCUT2D eigenvalue weighted by Crippen LogP contribution is -2.22. The molecular weight excluding hydrogens is 403 g/mol. The van der Waals surface area contributed by atoms with E-state index in [1.165, 1.54) is 19.3 Å². The number of nitrogens with one attached hydrogen (secondary N) is 2. The summed E-state index contributed by atoms with van der Waals surface area (Å²) >= 11 is 0. The van der Waals surface area contributed by atoms with Gasteiger partial charge in [0.15, 0.2) is 11.6 Å². The third-order valence-electron chi connectivity index (χ3n) is 3.75. The average Bonchev–Trinajstić information content (AvgIpc) is 3.46. The highest BCUT2D eigenvalue weighted by Gasteiger charge is 2.32. The van der Waals surface area contributed by atoms with Crippen LogP contribution in [-0.2, 0) is 13.2 Å². The van der Waals surface area contributed by atoms with E-state index < -0.39 is 35.9 Å². The molecule has 7 nitrogen and oxygen atoms in total. The summed E-state index contributed by atoms with van der Waals surface area (Å²) in [5.74, 6) is -2.28. The van der Waals surface area contributed by atoms with Crippen LogP contribution in [0.15, 0.2) is 27.8 Å². The molecule has 0 radical (unpaired) electrons. The Morgan fingerprint density at radius 2 is 1.83 bits per heavy atom. The lowest BCUT2D eigenvalue weighted by Gasteiger charge is -2.10. The highest BCUT2D eigenvalue weighted by molar-refractivity contribution is 5.76. The maximum Gasteiger partial charge on any atom is 0.573 e. The topological polar surface area (TPSA) is 92.8 Å². The van der Waals surface area contributed by atoms with Crippen molar-refractivity contribution in [3.8, 4) is 5.75 Å². The number of nitrogens with zero attached hydrogens (tertiary/aromatic N) is 2. The third kappa shape index (κ3) is 5.21. The molecule has 1 fully saturated rings. The highest BCUT2D eigenvalue weighted by Crippen LogP contribution is 2.26. The molecule has 0 atom stereocenters. The van der Waals surface area contributed by atoms with Gasteiger partial charge in [-0.3, -0.25) is 14.8 Å². The Labute approximate surface area is 159 Å². The Bertz CT molecular complexity index is 1130. The summed E-state index contributed by atoms with van der Waals surface area (Å²) in [5.41, 5.74) is -1.89. The monoisotopic (exact) mass is 418 g/mol. The second-order valence-electron chi connectivity index (χ2n) is 6.24. The second kappa shape index (κ2) is 8.05. The quantitative estimate of drug-likeness (QED) is 0.637. The van der Waals surface area contributed by atoms with Gasteiger partial charge in [0.25, 0.3) is 5.56 Å². The van der Waals surface area contributed by atoms with Crippen LogP contribution in [0.5, 0.6) is 5.75 Å². The van der Waals surface area contributed by atoms with Crippen molar-refractivity contribution in [3.05, 3.63) is 56.1 Å². The van der Waals surface area contributed by atoms with Crippen LogP contribution in [0.25, 0.3) is 11.0 Å². The molecule has 1 aliphatic carbocycles. The molecule has 4 rings (SSSR count). The van der Waals surface area contributed by atoms with Gasteiger partial charge in [-0.15, -0.1) is 13.2 Å². The van der Waals surface area contributed by atoms with Crippen LogP contribution in [-0.4, -0.2) is 26.1 Å². The highest BCUT2D eigenvalue weighted by atomic mass is 19.4. The van der Waals surface area contributed by atoms with Crippen molar-refractivity contribution >= 4 is 11.0 Å². The molecule has 2 N–H and O–H groups in total. The van der Waals surface area contributed by atoms with Crippen molar-refractivity contribution in [3.63, 3.8) is 0 Å². The molecule has 0 spiro atoms. The summed E-state index contributed by atoms with van der Waals surface area (Å²) < 4.78 is 67.9. The number of alkyl halides is 4. The van der Waals surface area contributed by atoms with Gasteiger partial charge in [0.2, 0.25) is 0 Å². The van der Waals surface area contributed by atoms with Crippen LogP contribution in [0.2, 0.25) is 0 Å². The molecular formula is C17H15F5N4O3. The lowest BCUT2D eigenvalue weighted by atomic mass is 10.2. The molecule has 2 heterocycles. The number of aromatic nitrogens is 4. The number of rotatable bonds is 4. The fraction of sp³-hybridized carbons (Fsp3) is 0.353. The predicted octanol–water partition coefficient (Wildman–Crippen LogP) is 3.14. The molecule has 0 aliphatic heterocycles. The standard InChI is InChI=1S/C14H9F5N4O3.C3H6/c15-4-8-10-11(20-13(25)21-12(10)24)23(22-8)5-6-1-2-9(7(16)3-6)26-14(17,18)19;1-2-3-1/h1-3H,4-5H2,(H2,20,21,24,25);1-3H2. The van der Waals surface area contributed by atoms with E-state index in [-0.39, 0.29) is 28.8 Å². The van der Waals surface area contributed by atoms with Crippen LogP contribution in [0, 0.1) is 5.82 Å². The largest absolute Gasteiger partial charge is 0.573 e. The lowest BCUT2D eigenvalue weighted by molar-refractivity contribution is -0.275. The minimum absolute atomic E-state index is 0.0950. The summed E-state index contributed by atoms with van der Waals surface area (Å²) in [5, 5.41) is 3.66. The molecule has 0 unspecified atom stereocenters. The van der Waals surface area contributed by atoms with Gasteiger partial charge >= 0.3 is 12.1 Å². The molecule has 0 amide bonds. The third-order valence-corrected chi connectivity index (χ3v) is 3.75. The smallest absolute Gasteiger partial charge is 0.403 e. The van der Waals surface area contributed by atoms with Gasteiger partial charge in [-0.05, 0) is 17.7 Å². The van der Waals surface area contributed by atoms with Crippen molar-refractivity contribution in [2.45, 2.75) is 38.8 Å². The first-order chi connectivity index (χ1) is 13.7. The van der Waals surface area contributed by atoms with E-state index in [0.29, 0.717) is 0 Å². The molecule has 1 saturated carbocycles. The zero-order valence-electron chi connectivity index (χ0n) is 14.8. The first-order valence-corrected chi connectivity index (χ1v) is 8.50. The fourth-order valence-corrected chi connectivity index (χ4v) is 2.41. The number of benzene rings is 1. The van der Waals surface area contributed by atoms with E-state index in [0.717, 1.165) is 22.9 Å². The summed E-state index contributed by atoms with van der Waals surface area (Å²) in [6.45, 7) is -1.33. The molecule has 0 bridgehead atoms. The van der Waals surface area contributed by atoms with Gasteiger partial charge in [-0.1, -0.05) is 25.3 Å². The van der Waals surface area contributed by atoms with Crippen LogP contribution < -0.4 is 16.0 Å². The van der Waals surface area contributed by atoms with Crippen LogP contribution in [0.3, 0.4) is 0 Å². The Morgan fingerprint density at radius 3 is 2.38 bits per heavy atom. The first-order valence-electron chi connectivity index (χ1n) is 8.50. The Kier molecular flexibility index (Phi) is 5.71. The summed E-state index contributed by atoms with van der Waals surface area (Å²) in [7, 11) is 0. The van der Waals surface area contributed by atoms with Gasteiger partial charge in [0.1, 0.15) is 23.4 Å². The van der Waals surface area contributed by atoms with Crippen molar-refractivity contribution in [2.24, 2.45) is 0 Å². The van der Waals surface area contributed by atoms with E-state index in [1.54, 1.807) is 0 Å². The van der Waals surface area contributed by atoms with Crippen LogP contribution in [0.1, 0.15) is 30.5 Å². The number of H-pyrrole nitrogens is 2. The molecule has 1 aliphatic rings. The minimum Gasteiger partial charge on any atom is -0.403 e. The molecule has 12 heteroatoms. The van der Waals surface area contributed by atoms with E-state index in [1.807, 2.05) is 4.98 Å². The molecule has 2 aromatic heterocycles. The van der Waals surface area contributed by atoms with Gasteiger partial charge in [0.05, 0.1) is 6.54 Å². The van der Waals surface area contributed by atoms with Gasteiger partial charge in [0, 0.05) is 0 Å². The number of aromatic amines is 2. The molecule has 3 aromatic rings. The zero-order chi connectivity index (χ0) is 21.2. The maximum absolute atomic E-state index is 13.8. The first kappa shape index (κ1) is 20.6. The van der Waals surface area contributed by atoms with E-state index in [2.05, 4.69) is 14.8 Å². The zero-order valence-corrected chi connectivity index (χ0v) is 14.8. The molecule has 0 saturated heterocycles. The number of hydrogen-bond donors (Lipinski definition) is 2. The molecule has 1 aromatic carbocycles. The Morgan fingerprint density at radius 1 is 1.14 bits per heavy atom. The van der Waals surface area contributed by atoms with E-state index in [9.17, 15) is 31.5 Å². The molecule has 156 valence electrons. The Balaban J connectivity index is 0.000000732. The van der Waals surface area contributed by atoms with Crippen LogP contribution in [0.4, 0.5) is 22.0 Å². The van der Waals surface area contributed by atoms with Crippen LogP contribution >= 0.6 is 0 Å². The van der Waals surface area contributed by atoms with Gasteiger partial charge in [-0.2, -0.15) is 5.10 Å². The van der Waals surface area contributed by atoms with Gasteiger partial charge < -0.3 is 4.74 Å². The Hall–Kier alpha value is -3.18. The summed E-state index contributed by atoms with van der Waals surface area (Å²) in [4.78, 5) is 27.4.